The minimum Gasteiger partial charge on any atom is -0.379 e. The molecule has 0 aromatic carbocycles. The van der Waals surface area contributed by atoms with Gasteiger partial charge in [0.1, 0.15) is 0 Å². The zero-order valence-corrected chi connectivity index (χ0v) is 19.0. The van der Waals surface area contributed by atoms with Gasteiger partial charge >= 0.3 is 0 Å². The SMILES string of the molecule is CCCCCOCCOCCOCCOCCOCCOCCOCCCCC. The maximum atomic E-state index is 5.47. The van der Waals surface area contributed by atoms with E-state index in [1.807, 2.05) is 0 Å². The summed E-state index contributed by atoms with van der Waals surface area (Å²) in [4.78, 5) is 0. The van der Waals surface area contributed by atoms with Gasteiger partial charge < -0.3 is 33.2 Å². The lowest BCUT2D eigenvalue weighted by Gasteiger charge is -2.08. The van der Waals surface area contributed by atoms with Gasteiger partial charge in [-0.3, -0.25) is 0 Å². The van der Waals surface area contributed by atoms with Gasteiger partial charge in [0.15, 0.2) is 0 Å². The molecule has 0 atom stereocenters. The van der Waals surface area contributed by atoms with Crippen LogP contribution in [0, 0.1) is 0 Å². The molecule has 0 rings (SSSR count). The first-order valence-corrected chi connectivity index (χ1v) is 11.5. The minimum absolute atomic E-state index is 0.565. The third kappa shape index (κ3) is 27.7. The van der Waals surface area contributed by atoms with Crippen molar-refractivity contribution < 1.29 is 33.2 Å². The van der Waals surface area contributed by atoms with E-state index < -0.39 is 0 Å². The molecule has 0 bridgehead atoms. The van der Waals surface area contributed by atoms with Gasteiger partial charge in [-0.25, -0.2) is 0 Å². The second-order valence-corrected chi connectivity index (χ2v) is 6.70. The van der Waals surface area contributed by atoms with Crippen LogP contribution in [-0.2, 0) is 33.2 Å². The van der Waals surface area contributed by atoms with E-state index in [0.717, 1.165) is 26.1 Å². The quantitative estimate of drug-likeness (QED) is 0.198. The minimum atomic E-state index is 0.565. The van der Waals surface area contributed by atoms with Crippen molar-refractivity contribution in [2.45, 2.75) is 52.4 Å². The molecule has 0 heterocycles. The Balaban J connectivity index is 2.97. The molecule has 176 valence electrons. The van der Waals surface area contributed by atoms with Crippen molar-refractivity contribution in [3.8, 4) is 0 Å². The van der Waals surface area contributed by atoms with E-state index >= 15 is 0 Å². The molecule has 29 heavy (non-hydrogen) atoms. The van der Waals surface area contributed by atoms with Crippen molar-refractivity contribution in [2.24, 2.45) is 0 Å². The van der Waals surface area contributed by atoms with E-state index in [4.69, 9.17) is 33.2 Å². The van der Waals surface area contributed by atoms with Crippen LogP contribution >= 0.6 is 0 Å². The number of hydrogen-bond donors (Lipinski definition) is 0. The topological polar surface area (TPSA) is 64.6 Å². The summed E-state index contributed by atoms with van der Waals surface area (Å²) >= 11 is 0. The highest BCUT2D eigenvalue weighted by Crippen LogP contribution is 1.94. The molecule has 0 amide bonds. The van der Waals surface area contributed by atoms with Gasteiger partial charge in [-0.2, -0.15) is 0 Å². The first kappa shape index (κ1) is 28.7. The second-order valence-electron chi connectivity index (χ2n) is 6.70. The second kappa shape index (κ2) is 27.7. The summed E-state index contributed by atoms with van der Waals surface area (Å²) in [7, 11) is 0. The highest BCUT2D eigenvalue weighted by Gasteiger charge is 1.95. The van der Waals surface area contributed by atoms with Crippen molar-refractivity contribution in [1.29, 1.82) is 0 Å². The average molecular weight is 423 g/mol. The third-order valence-corrected chi connectivity index (χ3v) is 4.02. The predicted molar refractivity (Wildman–Crippen MR) is 115 cm³/mol. The van der Waals surface area contributed by atoms with Gasteiger partial charge in [0.2, 0.25) is 0 Å². The fourth-order valence-electron chi connectivity index (χ4n) is 2.33. The Morgan fingerprint density at radius 3 is 0.690 bits per heavy atom. The molecule has 0 aromatic rings. The van der Waals surface area contributed by atoms with Crippen LogP contribution in [0.4, 0.5) is 0 Å². The maximum Gasteiger partial charge on any atom is 0.0701 e. The van der Waals surface area contributed by atoms with Gasteiger partial charge in [0, 0.05) is 13.2 Å². The Bertz CT molecular complexity index is 254. The molecule has 0 aliphatic carbocycles. The summed E-state index contributed by atoms with van der Waals surface area (Å²) in [5, 5.41) is 0. The first-order chi connectivity index (χ1) is 14.4. The van der Waals surface area contributed by atoms with Crippen LogP contribution in [0.2, 0.25) is 0 Å². The van der Waals surface area contributed by atoms with Crippen LogP contribution in [0.25, 0.3) is 0 Å². The lowest BCUT2D eigenvalue weighted by atomic mass is 10.3. The highest BCUT2D eigenvalue weighted by molar-refractivity contribution is 4.39. The van der Waals surface area contributed by atoms with Gasteiger partial charge in [-0.1, -0.05) is 39.5 Å². The molecule has 7 heteroatoms. The molecular formula is C22H46O7. The predicted octanol–water partition coefficient (Wildman–Crippen LogP) is 3.48. The monoisotopic (exact) mass is 422 g/mol. The lowest BCUT2D eigenvalue weighted by Crippen LogP contribution is -2.14. The highest BCUT2D eigenvalue weighted by atomic mass is 16.6. The van der Waals surface area contributed by atoms with Crippen molar-refractivity contribution >= 4 is 0 Å². The maximum absolute atomic E-state index is 5.47. The van der Waals surface area contributed by atoms with Crippen molar-refractivity contribution in [3.05, 3.63) is 0 Å². The summed E-state index contributed by atoms with van der Waals surface area (Å²) < 4.78 is 38.1. The standard InChI is InChI=1S/C22H46O7/c1-3-5-7-9-23-11-13-25-15-17-27-19-21-29-22-20-28-18-16-26-14-12-24-10-8-6-4-2/h3-22H2,1-2H3. The zero-order valence-electron chi connectivity index (χ0n) is 19.0. The normalized spacial score (nSPS) is 11.4. The summed E-state index contributed by atoms with van der Waals surface area (Å²) in [6.45, 7) is 13.2. The summed E-state index contributed by atoms with van der Waals surface area (Å²) in [6.07, 6.45) is 7.16. The Kier molecular flexibility index (Phi) is 27.5. The van der Waals surface area contributed by atoms with Crippen molar-refractivity contribution in [2.75, 3.05) is 92.5 Å². The molecule has 0 saturated carbocycles. The Labute approximate surface area is 178 Å². The molecule has 0 unspecified atom stereocenters. The van der Waals surface area contributed by atoms with Crippen LogP contribution in [0.3, 0.4) is 0 Å². The largest absolute Gasteiger partial charge is 0.379 e. The molecule has 7 nitrogen and oxygen atoms in total. The van der Waals surface area contributed by atoms with Crippen LogP contribution in [-0.4, -0.2) is 92.5 Å². The fourth-order valence-corrected chi connectivity index (χ4v) is 2.33. The fraction of sp³-hybridized carbons (Fsp3) is 1.00. The smallest absolute Gasteiger partial charge is 0.0701 e. The van der Waals surface area contributed by atoms with Gasteiger partial charge in [0.05, 0.1) is 79.3 Å². The molecule has 0 spiro atoms. The number of hydrogen-bond acceptors (Lipinski definition) is 7. The van der Waals surface area contributed by atoms with Gasteiger partial charge in [-0.15, -0.1) is 0 Å². The Hall–Kier alpha value is -0.280. The van der Waals surface area contributed by atoms with Crippen LogP contribution in [0.5, 0.6) is 0 Å². The molecule has 0 radical (unpaired) electrons. The summed E-state index contributed by atoms with van der Waals surface area (Å²) in [6, 6.07) is 0. The van der Waals surface area contributed by atoms with Crippen LogP contribution in [0.1, 0.15) is 52.4 Å². The Morgan fingerprint density at radius 2 is 0.483 bits per heavy atom. The molecule has 0 aliphatic heterocycles. The zero-order chi connectivity index (χ0) is 21.1. The van der Waals surface area contributed by atoms with Crippen molar-refractivity contribution in [3.63, 3.8) is 0 Å². The first-order valence-electron chi connectivity index (χ1n) is 11.5. The van der Waals surface area contributed by atoms with Crippen molar-refractivity contribution in [1.82, 2.24) is 0 Å². The van der Waals surface area contributed by atoms with Gasteiger partial charge in [-0.05, 0) is 12.8 Å². The molecular weight excluding hydrogens is 376 g/mol. The molecule has 0 aliphatic rings. The van der Waals surface area contributed by atoms with E-state index in [2.05, 4.69) is 13.8 Å². The molecule has 0 aromatic heterocycles. The number of unbranched alkanes of at least 4 members (excludes halogenated alkanes) is 4. The molecule has 0 fully saturated rings. The van der Waals surface area contributed by atoms with E-state index in [1.165, 1.54) is 25.7 Å². The average Bonchev–Trinajstić information content (AvgIpc) is 2.74. The van der Waals surface area contributed by atoms with Gasteiger partial charge in [0.25, 0.3) is 0 Å². The van der Waals surface area contributed by atoms with E-state index in [9.17, 15) is 0 Å². The lowest BCUT2D eigenvalue weighted by molar-refractivity contribution is -0.0206. The number of ether oxygens (including phenoxy) is 7. The third-order valence-electron chi connectivity index (χ3n) is 4.02. The van der Waals surface area contributed by atoms with E-state index in [1.54, 1.807) is 0 Å². The van der Waals surface area contributed by atoms with E-state index in [0.29, 0.717) is 79.3 Å². The number of rotatable bonds is 26. The van der Waals surface area contributed by atoms with E-state index in [-0.39, 0.29) is 0 Å². The van der Waals surface area contributed by atoms with Crippen LogP contribution in [0.15, 0.2) is 0 Å². The molecule has 0 saturated heterocycles. The summed E-state index contributed by atoms with van der Waals surface area (Å²) in [5.41, 5.74) is 0. The summed E-state index contributed by atoms with van der Waals surface area (Å²) in [5.74, 6) is 0. The Morgan fingerprint density at radius 1 is 0.276 bits per heavy atom. The van der Waals surface area contributed by atoms with Crippen LogP contribution < -0.4 is 0 Å². The molecule has 0 N–H and O–H groups in total.